The van der Waals surface area contributed by atoms with Crippen LogP contribution < -0.4 is 10.2 Å². The zero-order valence-electron chi connectivity index (χ0n) is 14.2. The first-order valence-corrected chi connectivity index (χ1v) is 8.52. The summed E-state index contributed by atoms with van der Waals surface area (Å²) in [4.78, 5) is 12.0. The number of halogens is 1. The molecule has 2 aromatic carbocycles. The number of carbonyl (C=O) groups is 1. The van der Waals surface area contributed by atoms with Gasteiger partial charge in [-0.1, -0.05) is 40.0 Å². The lowest BCUT2D eigenvalue weighted by Gasteiger charge is -2.07. The third-order valence-corrected chi connectivity index (χ3v) is 4.10. The predicted molar refractivity (Wildman–Crippen MR) is 104 cm³/mol. The summed E-state index contributed by atoms with van der Waals surface area (Å²) < 4.78 is 6.34. The molecular weight excluding hydrogens is 380 g/mol. The maximum atomic E-state index is 12.0. The molecule has 0 saturated heterocycles. The Bertz CT molecular complexity index is 838. The second-order valence-corrected chi connectivity index (χ2v) is 6.48. The Hall–Kier alpha value is -2.58. The fraction of sp³-hybridized carbons (Fsp3) is 0.200. The van der Waals surface area contributed by atoms with Crippen molar-refractivity contribution >= 4 is 28.1 Å². The van der Waals surface area contributed by atoms with Crippen LogP contribution in [0.1, 0.15) is 22.3 Å². The van der Waals surface area contributed by atoms with Crippen molar-refractivity contribution in [1.29, 1.82) is 0 Å². The van der Waals surface area contributed by atoms with E-state index in [0.717, 1.165) is 15.6 Å². The molecule has 1 N–H and O–H groups in total. The van der Waals surface area contributed by atoms with Crippen LogP contribution in [0, 0.1) is 26.2 Å². The molecule has 0 aliphatic heterocycles. The average molecular weight is 399 g/mol. The molecule has 4 nitrogen and oxygen atoms in total. The smallest absolute Gasteiger partial charge is 0.244 e. The first kappa shape index (κ1) is 18.8. The van der Waals surface area contributed by atoms with Crippen LogP contribution in [0.5, 0.6) is 5.75 Å². The van der Waals surface area contributed by atoms with Gasteiger partial charge < -0.3 is 4.74 Å². The summed E-state index contributed by atoms with van der Waals surface area (Å²) in [6, 6.07) is 11.5. The second-order valence-electron chi connectivity index (χ2n) is 5.56. The molecule has 0 aliphatic carbocycles. The number of nitrogens with zero attached hydrogens (tertiary/aromatic N) is 1. The maximum absolute atomic E-state index is 12.0. The van der Waals surface area contributed by atoms with E-state index < -0.39 is 0 Å². The van der Waals surface area contributed by atoms with Gasteiger partial charge in [0.1, 0.15) is 12.4 Å². The molecule has 0 spiro atoms. The number of hydrazone groups is 1. The molecule has 2 rings (SSSR count). The number of rotatable bonds is 6. The molecule has 2 aromatic rings. The number of carbonyl (C=O) groups excluding carboxylic acids is 1. The fourth-order valence-corrected chi connectivity index (χ4v) is 2.56. The van der Waals surface area contributed by atoms with Crippen LogP contribution in [-0.2, 0) is 11.2 Å². The molecule has 128 valence electrons. The van der Waals surface area contributed by atoms with Crippen molar-refractivity contribution < 1.29 is 9.53 Å². The third-order valence-electron chi connectivity index (χ3n) is 3.61. The molecule has 0 heterocycles. The van der Waals surface area contributed by atoms with Gasteiger partial charge in [-0.3, -0.25) is 4.79 Å². The van der Waals surface area contributed by atoms with Gasteiger partial charge in [-0.15, -0.1) is 6.42 Å². The lowest BCUT2D eigenvalue weighted by atomic mass is 10.0. The maximum Gasteiger partial charge on any atom is 0.244 e. The predicted octanol–water partition coefficient (Wildman–Crippen LogP) is 3.77. The van der Waals surface area contributed by atoms with Gasteiger partial charge in [0.2, 0.25) is 5.91 Å². The minimum atomic E-state index is -0.180. The molecule has 0 aromatic heterocycles. The molecular formula is C20H19BrN2O2. The molecule has 0 saturated carbocycles. The van der Waals surface area contributed by atoms with Gasteiger partial charge in [0.25, 0.3) is 0 Å². The van der Waals surface area contributed by atoms with Crippen molar-refractivity contribution in [3.63, 3.8) is 0 Å². The largest absolute Gasteiger partial charge is 0.480 e. The topological polar surface area (TPSA) is 50.7 Å². The summed E-state index contributed by atoms with van der Waals surface area (Å²) in [5, 5.41) is 4.01. The fourth-order valence-electron chi connectivity index (χ4n) is 2.18. The van der Waals surface area contributed by atoms with E-state index in [1.807, 2.05) is 44.2 Å². The molecule has 0 unspecified atom stereocenters. The lowest BCUT2D eigenvalue weighted by Crippen LogP contribution is -2.19. The number of hydrogen-bond donors (Lipinski definition) is 1. The van der Waals surface area contributed by atoms with E-state index >= 15 is 0 Å². The summed E-state index contributed by atoms with van der Waals surface area (Å²) in [5.41, 5.74) is 6.58. The number of nitrogens with one attached hydrogen (secondary N) is 1. The van der Waals surface area contributed by atoms with E-state index in [1.54, 1.807) is 6.07 Å². The van der Waals surface area contributed by atoms with Crippen LogP contribution in [-0.4, -0.2) is 18.7 Å². The quantitative estimate of drug-likeness (QED) is 0.457. The highest BCUT2D eigenvalue weighted by atomic mass is 79.9. The number of terminal acetylenes is 1. The van der Waals surface area contributed by atoms with Gasteiger partial charge in [-0.2, -0.15) is 5.10 Å². The Morgan fingerprint density at radius 3 is 2.80 bits per heavy atom. The van der Waals surface area contributed by atoms with Gasteiger partial charge >= 0.3 is 0 Å². The highest BCUT2D eigenvalue weighted by molar-refractivity contribution is 9.10. The molecule has 0 radical (unpaired) electrons. The Morgan fingerprint density at radius 1 is 1.28 bits per heavy atom. The van der Waals surface area contributed by atoms with Crippen LogP contribution in [0.2, 0.25) is 0 Å². The van der Waals surface area contributed by atoms with E-state index in [2.05, 4.69) is 32.4 Å². The van der Waals surface area contributed by atoms with E-state index in [1.165, 1.54) is 17.3 Å². The van der Waals surface area contributed by atoms with Crippen LogP contribution >= 0.6 is 15.9 Å². The van der Waals surface area contributed by atoms with Crippen molar-refractivity contribution in [1.82, 2.24) is 5.43 Å². The molecule has 0 aliphatic rings. The molecule has 0 atom stereocenters. The van der Waals surface area contributed by atoms with Gasteiger partial charge in [0.05, 0.1) is 12.6 Å². The minimum Gasteiger partial charge on any atom is -0.480 e. The van der Waals surface area contributed by atoms with Crippen LogP contribution in [0.25, 0.3) is 0 Å². The number of amides is 1. The number of hydrogen-bond acceptors (Lipinski definition) is 3. The molecule has 5 heteroatoms. The Balaban J connectivity index is 2.00. The van der Waals surface area contributed by atoms with E-state index in [9.17, 15) is 4.79 Å². The summed E-state index contributed by atoms with van der Waals surface area (Å²) in [6.45, 7) is 4.24. The van der Waals surface area contributed by atoms with Crippen molar-refractivity contribution in [2.75, 3.05) is 6.61 Å². The Morgan fingerprint density at radius 2 is 2.08 bits per heavy atom. The third kappa shape index (κ3) is 5.77. The van der Waals surface area contributed by atoms with Crippen molar-refractivity contribution in [3.05, 3.63) is 63.1 Å². The normalized spacial score (nSPS) is 10.5. The monoisotopic (exact) mass is 398 g/mol. The van der Waals surface area contributed by atoms with Crippen LogP contribution in [0.15, 0.2) is 46.0 Å². The summed E-state index contributed by atoms with van der Waals surface area (Å²) in [6.07, 6.45) is 7.03. The van der Waals surface area contributed by atoms with Crippen molar-refractivity contribution in [2.24, 2.45) is 5.10 Å². The molecule has 1 amide bonds. The van der Waals surface area contributed by atoms with E-state index in [4.69, 9.17) is 11.2 Å². The summed E-state index contributed by atoms with van der Waals surface area (Å²) in [7, 11) is 0. The van der Waals surface area contributed by atoms with Crippen LogP contribution in [0.4, 0.5) is 0 Å². The van der Waals surface area contributed by atoms with Crippen LogP contribution in [0.3, 0.4) is 0 Å². The van der Waals surface area contributed by atoms with Gasteiger partial charge in [-0.05, 0) is 48.7 Å². The number of ether oxygens (including phenoxy) is 1. The zero-order chi connectivity index (χ0) is 18.2. The van der Waals surface area contributed by atoms with E-state index in [0.29, 0.717) is 5.75 Å². The Labute approximate surface area is 156 Å². The molecule has 25 heavy (non-hydrogen) atoms. The van der Waals surface area contributed by atoms with Crippen molar-refractivity contribution in [3.8, 4) is 18.1 Å². The molecule has 0 fully saturated rings. The lowest BCUT2D eigenvalue weighted by molar-refractivity contribution is -0.120. The molecule has 0 bridgehead atoms. The SMILES string of the molecule is C#CCOc1ccc(Br)cc1/C=N\NC(=O)Cc1ccc(C)c(C)c1. The average Bonchev–Trinajstić information content (AvgIpc) is 2.57. The van der Waals surface area contributed by atoms with Gasteiger partial charge in [0.15, 0.2) is 0 Å². The standard InChI is InChI=1S/C20H19BrN2O2/c1-4-9-25-19-8-7-18(21)12-17(19)13-22-23-20(24)11-16-6-5-14(2)15(3)10-16/h1,5-8,10,12-13H,9,11H2,2-3H3,(H,23,24)/b22-13-. The second kappa shape index (κ2) is 9.05. The number of aryl methyl sites for hydroxylation is 2. The van der Waals surface area contributed by atoms with Gasteiger partial charge in [0, 0.05) is 10.0 Å². The van der Waals surface area contributed by atoms with Gasteiger partial charge in [-0.25, -0.2) is 5.43 Å². The summed E-state index contributed by atoms with van der Waals surface area (Å²) >= 11 is 3.40. The first-order valence-electron chi connectivity index (χ1n) is 7.73. The first-order chi connectivity index (χ1) is 12.0. The number of benzene rings is 2. The van der Waals surface area contributed by atoms with E-state index in [-0.39, 0.29) is 18.9 Å². The highest BCUT2D eigenvalue weighted by Crippen LogP contribution is 2.21. The summed E-state index contributed by atoms with van der Waals surface area (Å²) in [5.74, 6) is 2.84. The van der Waals surface area contributed by atoms with Crippen molar-refractivity contribution in [2.45, 2.75) is 20.3 Å². The Kier molecular flexibility index (Phi) is 6.79. The minimum absolute atomic E-state index is 0.168. The zero-order valence-corrected chi connectivity index (χ0v) is 15.8. The highest BCUT2D eigenvalue weighted by Gasteiger charge is 2.05.